The molecule has 0 unspecified atom stereocenters. The molecule has 1 atom stereocenters. The first-order valence-electron chi connectivity index (χ1n) is 11.0. The van der Waals surface area contributed by atoms with Gasteiger partial charge < -0.3 is 15.0 Å². The lowest BCUT2D eigenvalue weighted by molar-refractivity contribution is -0.140. The zero-order chi connectivity index (χ0) is 25.3. The second-order valence-electron chi connectivity index (χ2n) is 7.83. The van der Waals surface area contributed by atoms with Gasteiger partial charge in [-0.1, -0.05) is 37.6 Å². The molecule has 0 aliphatic rings. The summed E-state index contributed by atoms with van der Waals surface area (Å²) in [5, 5.41) is 3.29. The molecule has 0 saturated heterocycles. The van der Waals surface area contributed by atoms with Crippen molar-refractivity contribution in [2.24, 2.45) is 0 Å². The van der Waals surface area contributed by atoms with Crippen molar-refractivity contribution in [1.29, 1.82) is 0 Å². The van der Waals surface area contributed by atoms with E-state index in [1.165, 1.54) is 17.0 Å². The third kappa shape index (κ3) is 7.63. The Morgan fingerprint density at radius 2 is 1.79 bits per heavy atom. The highest BCUT2D eigenvalue weighted by Crippen LogP contribution is 2.22. The molecule has 2 amide bonds. The van der Waals surface area contributed by atoms with Crippen LogP contribution in [0.25, 0.3) is 0 Å². The van der Waals surface area contributed by atoms with Crippen LogP contribution in [0.2, 0.25) is 5.02 Å². The van der Waals surface area contributed by atoms with E-state index in [0.29, 0.717) is 29.4 Å². The fourth-order valence-electron chi connectivity index (χ4n) is 3.47. The van der Waals surface area contributed by atoms with Crippen LogP contribution in [-0.2, 0) is 26.2 Å². The number of hydrogen-bond donors (Lipinski definition) is 1. The molecule has 0 aliphatic heterocycles. The van der Waals surface area contributed by atoms with Gasteiger partial charge in [0.1, 0.15) is 18.3 Å². The van der Waals surface area contributed by atoms with Gasteiger partial charge in [-0.15, -0.1) is 0 Å². The Balaban J connectivity index is 2.42. The van der Waals surface area contributed by atoms with Crippen LogP contribution in [0, 0.1) is 0 Å². The zero-order valence-electron chi connectivity index (χ0n) is 20.0. The number of carbonyl (C=O) groups is 2. The number of nitrogens with one attached hydrogen (secondary N) is 1. The van der Waals surface area contributed by atoms with Crippen LogP contribution in [0.1, 0.15) is 32.3 Å². The molecule has 2 aromatic rings. The molecule has 1 N–H and O–H groups in total. The SMILES string of the molecule is CCCNC(=O)[C@@H](CC)N(Cc1cccc(OC)c1)C(=O)CN(c1ccc(Cl)cc1)S(C)(=O)=O. The molecule has 2 rings (SSSR count). The third-order valence-corrected chi connectivity index (χ3v) is 6.61. The maximum atomic E-state index is 13.6. The summed E-state index contributed by atoms with van der Waals surface area (Å²) in [6, 6.07) is 12.6. The average Bonchev–Trinajstić information content (AvgIpc) is 2.81. The number of halogens is 1. The second kappa shape index (κ2) is 12.6. The highest BCUT2D eigenvalue weighted by Gasteiger charge is 2.31. The van der Waals surface area contributed by atoms with Crippen LogP contribution in [-0.4, -0.2) is 57.6 Å². The van der Waals surface area contributed by atoms with Gasteiger partial charge in [-0.05, 0) is 54.8 Å². The van der Waals surface area contributed by atoms with Crippen molar-refractivity contribution in [1.82, 2.24) is 10.2 Å². The van der Waals surface area contributed by atoms with Crippen molar-refractivity contribution >= 4 is 39.1 Å². The Morgan fingerprint density at radius 1 is 1.12 bits per heavy atom. The third-order valence-electron chi connectivity index (χ3n) is 5.22. The van der Waals surface area contributed by atoms with Crippen molar-refractivity contribution in [2.45, 2.75) is 39.3 Å². The molecule has 0 bridgehead atoms. The number of rotatable bonds is 12. The normalized spacial score (nSPS) is 12.0. The Kier molecular flexibility index (Phi) is 10.2. The highest BCUT2D eigenvalue weighted by molar-refractivity contribution is 7.92. The predicted octanol–water partition coefficient (Wildman–Crippen LogP) is 3.45. The van der Waals surface area contributed by atoms with Crippen LogP contribution in [0.5, 0.6) is 5.75 Å². The highest BCUT2D eigenvalue weighted by atomic mass is 35.5. The number of ether oxygens (including phenoxy) is 1. The summed E-state index contributed by atoms with van der Waals surface area (Å²) in [6.45, 7) is 3.90. The Morgan fingerprint density at radius 3 is 2.35 bits per heavy atom. The molecule has 0 fully saturated rings. The van der Waals surface area contributed by atoms with E-state index in [1.54, 1.807) is 37.4 Å². The van der Waals surface area contributed by atoms with Crippen LogP contribution in [0.15, 0.2) is 48.5 Å². The lowest BCUT2D eigenvalue weighted by atomic mass is 10.1. The summed E-state index contributed by atoms with van der Waals surface area (Å²) in [7, 11) is -2.24. The Hall–Kier alpha value is -2.78. The van der Waals surface area contributed by atoms with E-state index in [-0.39, 0.29) is 12.5 Å². The van der Waals surface area contributed by atoms with Gasteiger partial charge in [0.05, 0.1) is 19.1 Å². The Labute approximate surface area is 206 Å². The summed E-state index contributed by atoms with van der Waals surface area (Å²) in [6.07, 6.45) is 2.15. The summed E-state index contributed by atoms with van der Waals surface area (Å²) in [4.78, 5) is 27.9. The number of carbonyl (C=O) groups excluding carboxylic acids is 2. The summed E-state index contributed by atoms with van der Waals surface area (Å²) < 4.78 is 31.4. The molecule has 0 aromatic heterocycles. The summed E-state index contributed by atoms with van der Waals surface area (Å²) in [5.41, 5.74) is 1.07. The number of sulfonamides is 1. The molecule has 34 heavy (non-hydrogen) atoms. The van der Waals surface area contributed by atoms with Crippen LogP contribution in [0.3, 0.4) is 0 Å². The number of anilines is 1. The molecular formula is C24H32ClN3O5S. The molecule has 0 heterocycles. The summed E-state index contributed by atoms with van der Waals surface area (Å²) in [5.74, 6) is -0.160. The first-order valence-corrected chi connectivity index (χ1v) is 13.3. The molecule has 186 valence electrons. The topological polar surface area (TPSA) is 96.0 Å². The quantitative estimate of drug-likeness (QED) is 0.472. The van der Waals surface area contributed by atoms with Crippen molar-refractivity contribution < 1.29 is 22.7 Å². The maximum absolute atomic E-state index is 13.6. The standard InChI is InChI=1S/C24H32ClN3O5S/c1-5-14-26-24(30)22(6-2)27(16-18-8-7-9-21(15-18)33-3)23(29)17-28(34(4,31)32)20-12-10-19(25)11-13-20/h7-13,15,22H,5-6,14,16-17H2,1-4H3,(H,26,30)/t22-/m1/s1. The van der Waals surface area contributed by atoms with E-state index < -0.39 is 28.5 Å². The van der Waals surface area contributed by atoms with Gasteiger partial charge in [0.15, 0.2) is 0 Å². The largest absolute Gasteiger partial charge is 0.497 e. The number of methoxy groups -OCH3 is 1. The van der Waals surface area contributed by atoms with Gasteiger partial charge in [-0.25, -0.2) is 8.42 Å². The fourth-order valence-corrected chi connectivity index (χ4v) is 4.45. The predicted molar refractivity (Wildman–Crippen MR) is 135 cm³/mol. The van der Waals surface area contributed by atoms with E-state index in [0.717, 1.165) is 22.5 Å². The second-order valence-corrected chi connectivity index (χ2v) is 10.2. The van der Waals surface area contributed by atoms with Gasteiger partial charge >= 0.3 is 0 Å². The van der Waals surface area contributed by atoms with Crippen LogP contribution >= 0.6 is 11.6 Å². The minimum atomic E-state index is -3.79. The zero-order valence-corrected chi connectivity index (χ0v) is 21.5. The van der Waals surface area contributed by atoms with Gasteiger partial charge in [0.25, 0.3) is 0 Å². The van der Waals surface area contributed by atoms with Crippen LogP contribution in [0.4, 0.5) is 5.69 Å². The number of hydrogen-bond acceptors (Lipinski definition) is 5. The molecule has 10 heteroatoms. The van der Waals surface area contributed by atoms with E-state index in [4.69, 9.17) is 16.3 Å². The van der Waals surface area contributed by atoms with Crippen molar-refractivity contribution in [3.63, 3.8) is 0 Å². The Bertz CT molecular complexity index is 1080. The monoisotopic (exact) mass is 509 g/mol. The number of nitrogens with zero attached hydrogens (tertiary/aromatic N) is 2. The smallest absolute Gasteiger partial charge is 0.244 e. The lowest BCUT2D eigenvalue weighted by Gasteiger charge is -2.33. The summed E-state index contributed by atoms with van der Waals surface area (Å²) >= 11 is 5.94. The number of amides is 2. The van der Waals surface area contributed by atoms with Crippen molar-refractivity contribution in [3.8, 4) is 5.75 Å². The maximum Gasteiger partial charge on any atom is 0.244 e. The molecule has 8 nitrogen and oxygen atoms in total. The molecule has 0 radical (unpaired) electrons. The van der Waals surface area contributed by atoms with Crippen molar-refractivity contribution in [2.75, 3.05) is 30.8 Å². The van der Waals surface area contributed by atoms with Gasteiger partial charge in [-0.3, -0.25) is 13.9 Å². The van der Waals surface area contributed by atoms with Gasteiger partial charge in [0.2, 0.25) is 21.8 Å². The molecule has 0 saturated carbocycles. The van der Waals surface area contributed by atoms with Crippen molar-refractivity contribution in [3.05, 3.63) is 59.1 Å². The first kappa shape index (κ1) is 27.5. The van der Waals surface area contributed by atoms with Gasteiger partial charge in [-0.2, -0.15) is 0 Å². The minimum Gasteiger partial charge on any atom is -0.497 e. The molecule has 0 spiro atoms. The number of benzene rings is 2. The van der Waals surface area contributed by atoms with E-state index in [1.807, 2.05) is 19.9 Å². The lowest BCUT2D eigenvalue weighted by Crippen LogP contribution is -2.52. The van der Waals surface area contributed by atoms with Gasteiger partial charge in [0, 0.05) is 18.1 Å². The molecular weight excluding hydrogens is 478 g/mol. The molecule has 2 aromatic carbocycles. The first-order chi connectivity index (χ1) is 16.1. The van der Waals surface area contributed by atoms with Crippen LogP contribution < -0.4 is 14.4 Å². The van der Waals surface area contributed by atoms with E-state index in [2.05, 4.69) is 5.32 Å². The average molecular weight is 510 g/mol. The minimum absolute atomic E-state index is 0.117. The fraction of sp³-hybridized carbons (Fsp3) is 0.417. The van der Waals surface area contributed by atoms with E-state index in [9.17, 15) is 18.0 Å². The van der Waals surface area contributed by atoms with E-state index >= 15 is 0 Å². The molecule has 0 aliphatic carbocycles.